The van der Waals surface area contributed by atoms with E-state index in [1.54, 1.807) is 0 Å². The van der Waals surface area contributed by atoms with Gasteiger partial charge in [-0.05, 0) is 81.0 Å². The first kappa shape index (κ1) is 22.0. The average molecular weight is 474 g/mol. The first-order chi connectivity index (χ1) is 17.1. The SMILES string of the molecule is Cc1nn2ccc(N3CCCC3c3cc(F)ccc3F)nc2c1-c1cccc(N2CCCCC2)c1. The molecule has 0 aliphatic carbocycles. The fraction of sp³-hybridized carbons (Fsp3) is 0.357. The summed E-state index contributed by atoms with van der Waals surface area (Å²) in [6.07, 6.45) is 7.33. The van der Waals surface area contributed by atoms with Gasteiger partial charge in [-0.25, -0.2) is 18.3 Å². The van der Waals surface area contributed by atoms with Crippen molar-refractivity contribution in [2.45, 2.75) is 45.1 Å². The zero-order chi connectivity index (χ0) is 23.9. The van der Waals surface area contributed by atoms with Crippen LogP contribution in [-0.4, -0.2) is 34.2 Å². The van der Waals surface area contributed by atoms with Crippen molar-refractivity contribution in [1.82, 2.24) is 14.6 Å². The molecule has 2 saturated heterocycles. The van der Waals surface area contributed by atoms with Gasteiger partial charge >= 0.3 is 0 Å². The molecule has 0 bridgehead atoms. The largest absolute Gasteiger partial charge is 0.372 e. The van der Waals surface area contributed by atoms with Gasteiger partial charge in [-0.1, -0.05) is 12.1 Å². The first-order valence-electron chi connectivity index (χ1n) is 12.5. The fourth-order valence-electron chi connectivity index (χ4n) is 5.67. The second-order valence-corrected chi connectivity index (χ2v) is 9.63. The molecule has 2 fully saturated rings. The predicted molar refractivity (Wildman–Crippen MR) is 135 cm³/mol. The Morgan fingerprint density at radius 3 is 2.63 bits per heavy atom. The standard InChI is InChI=1S/C28H29F2N5/c1-19-27(20-7-5-8-22(17-20)33-13-3-2-4-14-33)28-31-26(12-16-35(28)32-19)34-15-6-9-25(34)23-18-21(29)10-11-24(23)30/h5,7-8,10-12,16-18,25H,2-4,6,9,13-15H2,1H3. The van der Waals surface area contributed by atoms with E-state index in [2.05, 4.69) is 34.1 Å². The Hall–Kier alpha value is -3.48. The number of nitrogens with zero attached hydrogens (tertiary/aromatic N) is 5. The third-order valence-electron chi connectivity index (χ3n) is 7.37. The fourth-order valence-corrected chi connectivity index (χ4v) is 5.67. The number of hydrogen-bond acceptors (Lipinski definition) is 4. The van der Waals surface area contributed by atoms with E-state index in [1.807, 2.05) is 23.7 Å². The summed E-state index contributed by atoms with van der Waals surface area (Å²) in [5.74, 6) is -0.0317. The van der Waals surface area contributed by atoms with Crippen LogP contribution in [0.15, 0.2) is 54.7 Å². The van der Waals surface area contributed by atoms with Crippen LogP contribution >= 0.6 is 0 Å². The van der Waals surface area contributed by atoms with Crippen molar-refractivity contribution in [3.8, 4) is 11.1 Å². The van der Waals surface area contributed by atoms with E-state index in [-0.39, 0.29) is 11.9 Å². The molecule has 2 aliphatic rings. The number of aromatic nitrogens is 3. The van der Waals surface area contributed by atoms with Crippen molar-refractivity contribution < 1.29 is 8.78 Å². The van der Waals surface area contributed by atoms with Crippen LogP contribution < -0.4 is 9.80 Å². The van der Waals surface area contributed by atoms with Gasteiger partial charge in [0.1, 0.15) is 17.5 Å². The minimum atomic E-state index is -0.418. The van der Waals surface area contributed by atoms with E-state index in [1.165, 1.54) is 43.1 Å². The molecule has 0 saturated carbocycles. The molecule has 0 spiro atoms. The summed E-state index contributed by atoms with van der Waals surface area (Å²) in [5.41, 5.74) is 5.43. The molecule has 4 aromatic rings. The van der Waals surface area contributed by atoms with Crippen molar-refractivity contribution in [2.24, 2.45) is 0 Å². The van der Waals surface area contributed by atoms with Gasteiger partial charge in [0.2, 0.25) is 0 Å². The van der Waals surface area contributed by atoms with Crippen molar-refractivity contribution >= 4 is 17.2 Å². The maximum Gasteiger partial charge on any atom is 0.165 e. The van der Waals surface area contributed by atoms with Crippen molar-refractivity contribution in [3.63, 3.8) is 0 Å². The summed E-state index contributed by atoms with van der Waals surface area (Å²) in [6, 6.07) is 14.0. The second kappa shape index (κ2) is 8.95. The average Bonchev–Trinajstić information content (AvgIpc) is 3.49. The predicted octanol–water partition coefficient (Wildman–Crippen LogP) is 6.31. The topological polar surface area (TPSA) is 36.7 Å². The van der Waals surface area contributed by atoms with E-state index in [4.69, 9.17) is 10.1 Å². The molecule has 1 atom stereocenters. The van der Waals surface area contributed by atoms with E-state index in [0.29, 0.717) is 5.56 Å². The molecule has 0 N–H and O–H groups in total. The number of halogens is 2. The van der Waals surface area contributed by atoms with Crippen LogP contribution in [0.4, 0.5) is 20.3 Å². The van der Waals surface area contributed by atoms with Crippen LogP contribution in [0.25, 0.3) is 16.8 Å². The minimum absolute atomic E-state index is 0.240. The Bertz CT molecular complexity index is 1380. The van der Waals surface area contributed by atoms with Gasteiger partial charge in [0, 0.05) is 42.6 Å². The zero-order valence-electron chi connectivity index (χ0n) is 19.9. The van der Waals surface area contributed by atoms with Crippen molar-refractivity contribution in [3.05, 3.63) is 77.6 Å². The lowest BCUT2D eigenvalue weighted by atomic mass is 10.0. The number of rotatable bonds is 4. The van der Waals surface area contributed by atoms with Crippen LogP contribution in [0.2, 0.25) is 0 Å². The smallest absolute Gasteiger partial charge is 0.165 e. The van der Waals surface area contributed by atoms with Crippen molar-refractivity contribution in [1.29, 1.82) is 0 Å². The quantitative estimate of drug-likeness (QED) is 0.348. The molecule has 7 heteroatoms. The first-order valence-corrected chi connectivity index (χ1v) is 12.5. The lowest BCUT2D eigenvalue weighted by Crippen LogP contribution is -2.29. The highest BCUT2D eigenvalue weighted by Crippen LogP contribution is 2.38. The maximum absolute atomic E-state index is 14.6. The number of benzene rings is 2. The van der Waals surface area contributed by atoms with Gasteiger partial charge in [-0.3, -0.25) is 0 Å². The Morgan fingerprint density at radius 2 is 1.77 bits per heavy atom. The number of aryl methyl sites for hydroxylation is 1. The van der Waals surface area contributed by atoms with Gasteiger partial charge in [-0.2, -0.15) is 5.10 Å². The number of hydrogen-bond donors (Lipinski definition) is 0. The molecular formula is C28H29F2N5. The normalized spacial score (nSPS) is 18.5. The van der Waals surface area contributed by atoms with E-state index in [9.17, 15) is 8.78 Å². The monoisotopic (exact) mass is 473 g/mol. The third kappa shape index (κ3) is 4.03. The van der Waals surface area contributed by atoms with Gasteiger partial charge in [0.25, 0.3) is 0 Å². The second-order valence-electron chi connectivity index (χ2n) is 9.63. The molecule has 0 amide bonds. The molecule has 2 aliphatic heterocycles. The van der Waals surface area contributed by atoms with Gasteiger partial charge in [0.15, 0.2) is 5.65 Å². The molecule has 180 valence electrons. The summed E-state index contributed by atoms with van der Waals surface area (Å²) in [7, 11) is 0. The molecule has 6 rings (SSSR count). The third-order valence-corrected chi connectivity index (χ3v) is 7.37. The van der Waals surface area contributed by atoms with E-state index >= 15 is 0 Å². The van der Waals surface area contributed by atoms with Gasteiger partial charge in [0.05, 0.1) is 11.7 Å². The minimum Gasteiger partial charge on any atom is -0.372 e. The molecule has 2 aromatic heterocycles. The summed E-state index contributed by atoms with van der Waals surface area (Å²) < 4.78 is 30.4. The molecule has 4 heterocycles. The summed E-state index contributed by atoms with van der Waals surface area (Å²) in [4.78, 5) is 9.57. The van der Waals surface area contributed by atoms with E-state index < -0.39 is 5.82 Å². The highest BCUT2D eigenvalue weighted by atomic mass is 19.1. The van der Waals surface area contributed by atoms with Gasteiger partial charge < -0.3 is 9.80 Å². The lowest BCUT2D eigenvalue weighted by molar-refractivity contribution is 0.560. The number of piperidine rings is 1. The van der Waals surface area contributed by atoms with Crippen LogP contribution in [0.1, 0.15) is 49.4 Å². The lowest BCUT2D eigenvalue weighted by Gasteiger charge is -2.29. The Labute approximate surface area is 204 Å². The molecule has 0 radical (unpaired) electrons. The van der Waals surface area contributed by atoms with E-state index in [0.717, 1.165) is 60.8 Å². The van der Waals surface area contributed by atoms with Crippen LogP contribution in [0, 0.1) is 18.6 Å². The number of fused-ring (bicyclic) bond motifs is 1. The highest BCUT2D eigenvalue weighted by Gasteiger charge is 2.30. The summed E-state index contributed by atoms with van der Waals surface area (Å²) in [5, 5.41) is 4.71. The van der Waals surface area contributed by atoms with Crippen LogP contribution in [0.5, 0.6) is 0 Å². The molecule has 35 heavy (non-hydrogen) atoms. The maximum atomic E-state index is 14.6. The number of anilines is 2. The molecule has 5 nitrogen and oxygen atoms in total. The zero-order valence-corrected chi connectivity index (χ0v) is 19.9. The highest BCUT2D eigenvalue weighted by molar-refractivity contribution is 5.82. The molecule has 1 unspecified atom stereocenters. The van der Waals surface area contributed by atoms with Crippen LogP contribution in [-0.2, 0) is 0 Å². The Balaban J connectivity index is 1.40. The van der Waals surface area contributed by atoms with Gasteiger partial charge in [-0.15, -0.1) is 0 Å². The summed E-state index contributed by atoms with van der Waals surface area (Å²) in [6.45, 7) is 4.94. The van der Waals surface area contributed by atoms with Crippen molar-refractivity contribution in [2.75, 3.05) is 29.4 Å². The molecule has 2 aromatic carbocycles. The van der Waals surface area contributed by atoms with Crippen LogP contribution in [0.3, 0.4) is 0 Å². The molecular weight excluding hydrogens is 444 g/mol. The Morgan fingerprint density at radius 1 is 0.914 bits per heavy atom. The summed E-state index contributed by atoms with van der Waals surface area (Å²) >= 11 is 0. The Kier molecular flexibility index (Phi) is 5.63.